The van der Waals surface area contributed by atoms with Crippen LogP contribution in [-0.2, 0) is 12.0 Å². The second kappa shape index (κ2) is 9.36. The Morgan fingerprint density at radius 3 is 2.61 bits per heavy atom. The summed E-state index contributed by atoms with van der Waals surface area (Å²) in [6, 6.07) is 10.0. The highest BCUT2D eigenvalue weighted by atomic mass is 79.9. The van der Waals surface area contributed by atoms with Gasteiger partial charge >= 0.3 is 0 Å². The third kappa shape index (κ3) is 4.36. The maximum Gasteiger partial charge on any atom is 0.231 e. The summed E-state index contributed by atoms with van der Waals surface area (Å²) in [5, 5.41) is 12.6. The van der Waals surface area contributed by atoms with Crippen LogP contribution in [0.15, 0.2) is 40.9 Å². The summed E-state index contributed by atoms with van der Waals surface area (Å²) in [6.45, 7) is 0. The summed E-state index contributed by atoms with van der Waals surface area (Å²) < 4.78 is 6.25. The van der Waals surface area contributed by atoms with Gasteiger partial charge in [0.15, 0.2) is 5.60 Å². The summed E-state index contributed by atoms with van der Waals surface area (Å²) in [4.78, 5) is 4.61. The molecule has 3 nitrogen and oxygen atoms in total. The zero-order valence-electron chi connectivity index (χ0n) is 16.4. The van der Waals surface area contributed by atoms with Gasteiger partial charge in [-0.2, -0.15) is 0 Å². The predicted octanol–water partition coefficient (Wildman–Crippen LogP) is 6.64. The molecule has 1 aromatic heterocycles. The highest BCUT2D eigenvalue weighted by molar-refractivity contribution is 9.50. The van der Waals surface area contributed by atoms with Crippen LogP contribution in [0.25, 0.3) is 0 Å². The number of aliphatic hydroxyl groups is 1. The average molecular weight is 464 g/mol. The van der Waals surface area contributed by atoms with Crippen molar-refractivity contribution in [3.05, 3.63) is 53.7 Å². The highest BCUT2D eigenvalue weighted by Gasteiger charge is 2.44. The van der Waals surface area contributed by atoms with Gasteiger partial charge in [-0.25, -0.2) is 4.98 Å². The highest BCUT2D eigenvalue weighted by Crippen LogP contribution is 2.44. The Labute approximate surface area is 179 Å². The fraction of sp³-hybridized carbons (Fsp3) is 0.609. The largest absolute Gasteiger partial charge is 0.442 e. The molecular weight excluding hydrogens is 434 g/mol. The Morgan fingerprint density at radius 2 is 1.86 bits per heavy atom. The van der Waals surface area contributed by atoms with Crippen LogP contribution < -0.4 is 0 Å². The fourth-order valence-corrected chi connectivity index (χ4v) is 6.74. The van der Waals surface area contributed by atoms with Gasteiger partial charge in [0.25, 0.3) is 0 Å². The Bertz CT molecular complexity index is 746. The third-order valence-corrected chi connectivity index (χ3v) is 8.91. The Morgan fingerprint density at radius 1 is 1.07 bits per heavy atom. The van der Waals surface area contributed by atoms with Crippen LogP contribution in [0.2, 0.25) is 0 Å². The molecule has 0 bridgehead atoms. The van der Waals surface area contributed by atoms with E-state index in [0.29, 0.717) is 17.1 Å². The molecule has 1 heterocycles. The van der Waals surface area contributed by atoms with Crippen molar-refractivity contribution in [2.45, 2.75) is 75.1 Å². The van der Waals surface area contributed by atoms with Crippen molar-refractivity contribution < 1.29 is 9.52 Å². The first-order valence-electron chi connectivity index (χ1n) is 10.7. The number of rotatable bonds is 6. The van der Waals surface area contributed by atoms with Crippen molar-refractivity contribution in [2.75, 3.05) is 0 Å². The lowest BCUT2D eigenvalue weighted by molar-refractivity contribution is -0.0240. The van der Waals surface area contributed by atoms with E-state index in [1.54, 1.807) is 0 Å². The molecule has 28 heavy (non-hydrogen) atoms. The van der Waals surface area contributed by atoms with Crippen LogP contribution in [0.5, 0.6) is 0 Å². The zero-order chi connectivity index (χ0) is 19.4. The molecular formula is C23H30BrNO2S. The van der Waals surface area contributed by atoms with E-state index in [4.69, 9.17) is 4.42 Å². The molecule has 1 unspecified atom stereocenters. The van der Waals surface area contributed by atoms with E-state index >= 15 is 0 Å². The fourth-order valence-electron chi connectivity index (χ4n) is 5.12. The topological polar surface area (TPSA) is 46.3 Å². The molecule has 2 aliphatic carbocycles. The van der Waals surface area contributed by atoms with Gasteiger partial charge in [0, 0.05) is 17.6 Å². The SMILES string of the molecule is O[C@](c1ccccc1)(c1ncc(C[C@H]2CCCC(SBr)C2)o1)C1CCCCC1. The first-order valence-corrected chi connectivity index (χ1v) is 13.4. The molecule has 0 amide bonds. The van der Waals surface area contributed by atoms with Crippen molar-refractivity contribution in [1.82, 2.24) is 4.98 Å². The molecule has 4 rings (SSSR count). The van der Waals surface area contributed by atoms with E-state index < -0.39 is 5.60 Å². The number of benzene rings is 1. The summed E-state index contributed by atoms with van der Waals surface area (Å²) in [5.74, 6) is 2.22. The minimum absolute atomic E-state index is 0.166. The quantitative estimate of drug-likeness (QED) is 0.521. The van der Waals surface area contributed by atoms with Gasteiger partial charge in [0.05, 0.1) is 6.20 Å². The lowest BCUT2D eigenvalue weighted by Gasteiger charge is -2.36. The molecule has 2 fully saturated rings. The standard InChI is InChI=1S/C23H30BrNO2S/c24-28-21-13-7-8-17(15-21)14-20-16-25-22(27-20)23(26,18-9-3-1-4-10-18)19-11-5-2-6-12-19/h1,3-4,9-10,16-17,19,21,26H,2,5-8,11-15H2/t17-,21?,23+/m1/s1. The Hall–Kier alpha value is -0.780. The predicted molar refractivity (Wildman–Crippen MR) is 118 cm³/mol. The average Bonchev–Trinajstić information content (AvgIpc) is 3.23. The number of aromatic nitrogens is 1. The molecule has 0 radical (unpaired) electrons. The van der Waals surface area contributed by atoms with Crippen LogP contribution in [0.4, 0.5) is 0 Å². The molecule has 2 aliphatic rings. The van der Waals surface area contributed by atoms with Crippen LogP contribution in [-0.4, -0.2) is 15.3 Å². The summed E-state index contributed by atoms with van der Waals surface area (Å²) >= 11 is 3.57. The number of hydrogen-bond acceptors (Lipinski definition) is 4. The number of oxazole rings is 1. The summed E-state index contributed by atoms with van der Waals surface area (Å²) in [6.07, 6.45) is 13.5. The zero-order valence-corrected chi connectivity index (χ0v) is 18.8. The van der Waals surface area contributed by atoms with Gasteiger partial charge in [-0.3, -0.25) is 0 Å². The molecule has 0 spiro atoms. The normalized spacial score (nSPS) is 26.1. The van der Waals surface area contributed by atoms with Crippen molar-refractivity contribution in [3.8, 4) is 0 Å². The third-order valence-electron chi connectivity index (χ3n) is 6.64. The molecule has 5 heteroatoms. The van der Waals surface area contributed by atoms with E-state index in [1.807, 2.05) is 46.7 Å². The lowest BCUT2D eigenvalue weighted by Crippen LogP contribution is -2.38. The van der Waals surface area contributed by atoms with Gasteiger partial charge in [-0.1, -0.05) is 66.2 Å². The maximum absolute atomic E-state index is 11.9. The molecule has 1 N–H and O–H groups in total. The van der Waals surface area contributed by atoms with E-state index in [1.165, 1.54) is 44.9 Å². The van der Waals surface area contributed by atoms with Crippen molar-refractivity contribution in [1.29, 1.82) is 0 Å². The molecule has 3 atom stereocenters. The number of halogens is 1. The first-order chi connectivity index (χ1) is 13.7. The summed E-state index contributed by atoms with van der Waals surface area (Å²) in [7, 11) is 1.81. The van der Waals surface area contributed by atoms with Crippen LogP contribution in [0, 0.1) is 11.8 Å². The number of nitrogens with zero attached hydrogens (tertiary/aromatic N) is 1. The second-order valence-corrected chi connectivity index (χ2v) is 10.5. The second-order valence-electron chi connectivity index (χ2n) is 8.55. The van der Waals surface area contributed by atoms with Crippen LogP contribution in [0.3, 0.4) is 0 Å². The lowest BCUT2D eigenvalue weighted by atomic mass is 9.73. The van der Waals surface area contributed by atoms with E-state index in [0.717, 1.165) is 30.6 Å². The minimum Gasteiger partial charge on any atom is -0.442 e. The van der Waals surface area contributed by atoms with E-state index in [-0.39, 0.29) is 5.92 Å². The van der Waals surface area contributed by atoms with Gasteiger partial charge in [-0.05, 0) is 58.4 Å². The molecule has 2 saturated carbocycles. The minimum atomic E-state index is -1.12. The van der Waals surface area contributed by atoms with Gasteiger partial charge in [-0.15, -0.1) is 0 Å². The molecule has 2 aromatic rings. The van der Waals surface area contributed by atoms with Crippen LogP contribution in [0.1, 0.15) is 75.0 Å². The maximum atomic E-state index is 11.9. The smallest absolute Gasteiger partial charge is 0.231 e. The van der Waals surface area contributed by atoms with Gasteiger partial charge < -0.3 is 9.52 Å². The Kier molecular flexibility index (Phi) is 6.85. The van der Waals surface area contributed by atoms with Crippen LogP contribution >= 0.6 is 25.0 Å². The van der Waals surface area contributed by atoms with Gasteiger partial charge in [0.1, 0.15) is 5.76 Å². The van der Waals surface area contributed by atoms with E-state index in [2.05, 4.69) is 19.8 Å². The van der Waals surface area contributed by atoms with Gasteiger partial charge in [0.2, 0.25) is 5.89 Å². The van der Waals surface area contributed by atoms with Crippen molar-refractivity contribution >= 4 is 25.0 Å². The molecule has 0 saturated heterocycles. The van der Waals surface area contributed by atoms with Crippen molar-refractivity contribution in [2.24, 2.45) is 11.8 Å². The molecule has 0 aliphatic heterocycles. The molecule has 1 aromatic carbocycles. The number of hydrogen-bond donors (Lipinski definition) is 1. The molecule has 152 valence electrons. The van der Waals surface area contributed by atoms with Crippen molar-refractivity contribution in [3.63, 3.8) is 0 Å². The van der Waals surface area contributed by atoms with E-state index in [9.17, 15) is 5.11 Å². The summed E-state index contributed by atoms with van der Waals surface area (Å²) in [5.41, 5.74) is -0.218. The monoisotopic (exact) mass is 463 g/mol. The first kappa shape index (κ1) is 20.5. The Balaban J connectivity index is 1.57.